The third-order valence-electron chi connectivity index (χ3n) is 5.22. The molecule has 22 heavy (non-hydrogen) atoms. The van der Waals surface area contributed by atoms with Crippen molar-refractivity contribution in [2.75, 3.05) is 13.1 Å². The van der Waals surface area contributed by atoms with Crippen molar-refractivity contribution < 1.29 is 4.79 Å². The first-order valence-corrected chi connectivity index (χ1v) is 8.02. The van der Waals surface area contributed by atoms with Crippen LogP contribution in [0.3, 0.4) is 0 Å². The van der Waals surface area contributed by atoms with Crippen LogP contribution in [0.4, 0.5) is 4.79 Å². The van der Waals surface area contributed by atoms with Gasteiger partial charge in [-0.15, -0.1) is 0 Å². The molecule has 2 heterocycles. The molecule has 1 spiro atoms. The molecule has 1 aromatic heterocycles. The number of likely N-dealkylation sites (tertiary alicyclic amines) is 1. The van der Waals surface area contributed by atoms with Gasteiger partial charge in [-0.1, -0.05) is 12.5 Å². The molecular weight excluding hydrogens is 280 g/mol. The van der Waals surface area contributed by atoms with Crippen LogP contribution in [0, 0.1) is 5.41 Å². The molecule has 2 aliphatic rings. The zero-order valence-electron chi connectivity index (χ0n) is 13.0. The summed E-state index contributed by atoms with van der Waals surface area (Å²) >= 11 is 0. The highest BCUT2D eigenvalue weighted by atomic mass is 16.2. The molecule has 1 unspecified atom stereocenters. The number of hydrogen-bond donors (Lipinski definition) is 2. The summed E-state index contributed by atoms with van der Waals surface area (Å²) in [6.45, 7) is 4.17. The minimum absolute atomic E-state index is 0.0427. The summed E-state index contributed by atoms with van der Waals surface area (Å²) in [5.41, 5.74) is 6.92. The number of carbonyl (C=O) groups is 1. The van der Waals surface area contributed by atoms with Gasteiger partial charge in [0.05, 0.1) is 0 Å². The number of aromatic nitrogens is 1. The number of nitrogens with one attached hydrogen (secondary N) is 1. The first-order valence-electron chi connectivity index (χ1n) is 8.02. The summed E-state index contributed by atoms with van der Waals surface area (Å²) in [6, 6.07) is 3.56. The standard InChI is InChI=1S/C16H24N4O2/c1-2-19-8-3-5-12(14(19)21)9-18-15(22)20-10-13(17)16(11-20)6-4-7-16/h3,5,8,13H,2,4,6-7,9-11,17H2,1H3,(H,18,22). The predicted octanol–water partition coefficient (Wildman–Crippen LogP) is 0.891. The van der Waals surface area contributed by atoms with Gasteiger partial charge in [-0.05, 0) is 25.8 Å². The van der Waals surface area contributed by atoms with Gasteiger partial charge in [-0.25, -0.2) is 4.79 Å². The maximum absolute atomic E-state index is 12.3. The van der Waals surface area contributed by atoms with Crippen molar-refractivity contribution in [3.05, 3.63) is 34.2 Å². The van der Waals surface area contributed by atoms with Crippen LogP contribution in [0.5, 0.6) is 0 Å². The summed E-state index contributed by atoms with van der Waals surface area (Å²) in [7, 11) is 0. The van der Waals surface area contributed by atoms with Crippen molar-refractivity contribution in [2.45, 2.75) is 45.3 Å². The number of nitrogens with zero attached hydrogens (tertiary/aromatic N) is 2. The minimum Gasteiger partial charge on any atom is -0.334 e. The van der Waals surface area contributed by atoms with Gasteiger partial charge in [0.25, 0.3) is 5.56 Å². The molecule has 1 atom stereocenters. The van der Waals surface area contributed by atoms with Gasteiger partial charge < -0.3 is 20.5 Å². The quantitative estimate of drug-likeness (QED) is 0.870. The topological polar surface area (TPSA) is 80.4 Å². The van der Waals surface area contributed by atoms with E-state index >= 15 is 0 Å². The molecule has 1 aliphatic heterocycles. The van der Waals surface area contributed by atoms with E-state index < -0.39 is 0 Å². The van der Waals surface area contributed by atoms with Crippen LogP contribution in [0.1, 0.15) is 31.7 Å². The fraction of sp³-hybridized carbons (Fsp3) is 0.625. The number of pyridine rings is 1. The second kappa shape index (κ2) is 5.76. The van der Waals surface area contributed by atoms with Crippen molar-refractivity contribution in [1.82, 2.24) is 14.8 Å². The zero-order valence-corrected chi connectivity index (χ0v) is 13.0. The number of amides is 2. The van der Waals surface area contributed by atoms with Crippen molar-refractivity contribution >= 4 is 6.03 Å². The lowest BCUT2D eigenvalue weighted by Crippen LogP contribution is -2.45. The Bertz CT molecular complexity index is 621. The van der Waals surface area contributed by atoms with Crippen LogP contribution in [0.25, 0.3) is 0 Å². The van der Waals surface area contributed by atoms with Gasteiger partial charge in [0.15, 0.2) is 0 Å². The SMILES string of the molecule is CCn1cccc(CNC(=O)N2CC(N)C3(CCC3)C2)c1=O. The van der Waals surface area contributed by atoms with Crippen LogP contribution in [0.2, 0.25) is 0 Å². The first-order chi connectivity index (χ1) is 10.6. The van der Waals surface area contributed by atoms with Crippen LogP contribution >= 0.6 is 0 Å². The molecule has 2 amide bonds. The summed E-state index contributed by atoms with van der Waals surface area (Å²) in [6.07, 6.45) is 5.22. The van der Waals surface area contributed by atoms with E-state index in [9.17, 15) is 9.59 Å². The largest absolute Gasteiger partial charge is 0.334 e. The molecule has 0 aromatic carbocycles. The molecule has 0 radical (unpaired) electrons. The smallest absolute Gasteiger partial charge is 0.317 e. The van der Waals surface area contributed by atoms with Crippen molar-refractivity contribution in [3.63, 3.8) is 0 Å². The lowest BCUT2D eigenvalue weighted by Gasteiger charge is -2.41. The molecule has 1 saturated carbocycles. The lowest BCUT2D eigenvalue weighted by atomic mass is 9.66. The Labute approximate surface area is 130 Å². The van der Waals surface area contributed by atoms with E-state index in [-0.39, 0.29) is 29.6 Å². The van der Waals surface area contributed by atoms with E-state index in [1.165, 1.54) is 6.42 Å². The molecule has 6 nitrogen and oxygen atoms in total. The number of rotatable bonds is 3. The predicted molar refractivity (Wildman–Crippen MR) is 84.4 cm³/mol. The van der Waals surface area contributed by atoms with E-state index in [1.807, 2.05) is 13.0 Å². The molecule has 120 valence electrons. The summed E-state index contributed by atoms with van der Waals surface area (Å²) < 4.78 is 1.64. The zero-order chi connectivity index (χ0) is 15.7. The fourth-order valence-corrected chi connectivity index (χ4v) is 3.56. The second-order valence-corrected chi connectivity index (χ2v) is 6.49. The van der Waals surface area contributed by atoms with Crippen molar-refractivity contribution in [2.24, 2.45) is 11.1 Å². The fourth-order valence-electron chi connectivity index (χ4n) is 3.56. The number of hydrogen-bond acceptors (Lipinski definition) is 3. The summed E-state index contributed by atoms with van der Waals surface area (Å²) in [5, 5.41) is 2.86. The van der Waals surface area contributed by atoms with E-state index in [0.717, 1.165) is 19.4 Å². The summed E-state index contributed by atoms with van der Waals surface area (Å²) in [4.78, 5) is 26.2. The van der Waals surface area contributed by atoms with Crippen LogP contribution in [-0.4, -0.2) is 34.6 Å². The number of urea groups is 1. The molecule has 1 aromatic rings. The molecule has 1 aliphatic carbocycles. The van der Waals surface area contributed by atoms with Crippen LogP contribution < -0.4 is 16.6 Å². The number of carbonyl (C=O) groups excluding carboxylic acids is 1. The van der Waals surface area contributed by atoms with Gasteiger partial charge in [-0.3, -0.25) is 4.79 Å². The van der Waals surface area contributed by atoms with E-state index in [0.29, 0.717) is 18.7 Å². The Morgan fingerprint density at radius 3 is 2.86 bits per heavy atom. The van der Waals surface area contributed by atoms with Crippen molar-refractivity contribution in [3.8, 4) is 0 Å². The Morgan fingerprint density at radius 1 is 1.50 bits per heavy atom. The lowest BCUT2D eigenvalue weighted by molar-refractivity contribution is 0.125. The van der Waals surface area contributed by atoms with Crippen LogP contribution in [0.15, 0.2) is 23.1 Å². The van der Waals surface area contributed by atoms with Crippen molar-refractivity contribution in [1.29, 1.82) is 0 Å². The normalized spacial score (nSPS) is 22.6. The Morgan fingerprint density at radius 2 is 2.27 bits per heavy atom. The average molecular weight is 304 g/mol. The summed E-state index contributed by atoms with van der Waals surface area (Å²) in [5.74, 6) is 0. The number of nitrogens with two attached hydrogens (primary N) is 1. The second-order valence-electron chi connectivity index (χ2n) is 6.49. The van der Waals surface area contributed by atoms with Gasteiger partial charge in [0, 0.05) is 49.4 Å². The Balaban J connectivity index is 1.60. The van der Waals surface area contributed by atoms with E-state index in [2.05, 4.69) is 5.32 Å². The molecule has 6 heteroatoms. The average Bonchev–Trinajstić information content (AvgIpc) is 2.84. The maximum atomic E-state index is 12.3. The molecule has 2 fully saturated rings. The highest BCUT2D eigenvalue weighted by Gasteiger charge is 2.49. The Kier molecular flexibility index (Phi) is 3.95. The van der Waals surface area contributed by atoms with Gasteiger partial charge in [0.2, 0.25) is 0 Å². The third kappa shape index (κ3) is 2.52. The molecule has 3 rings (SSSR count). The maximum Gasteiger partial charge on any atom is 0.317 e. The highest BCUT2D eigenvalue weighted by Crippen LogP contribution is 2.47. The minimum atomic E-state index is -0.120. The Hall–Kier alpha value is -1.82. The first kappa shape index (κ1) is 15.1. The monoisotopic (exact) mass is 304 g/mol. The van der Waals surface area contributed by atoms with Gasteiger partial charge >= 0.3 is 6.03 Å². The number of aryl methyl sites for hydroxylation is 1. The van der Waals surface area contributed by atoms with E-state index in [1.54, 1.807) is 21.7 Å². The third-order valence-corrected chi connectivity index (χ3v) is 5.22. The molecule has 3 N–H and O–H groups in total. The van der Waals surface area contributed by atoms with Gasteiger partial charge in [-0.2, -0.15) is 0 Å². The molecule has 1 saturated heterocycles. The van der Waals surface area contributed by atoms with Gasteiger partial charge in [0.1, 0.15) is 0 Å². The van der Waals surface area contributed by atoms with Crippen LogP contribution in [-0.2, 0) is 13.1 Å². The van der Waals surface area contributed by atoms with E-state index in [4.69, 9.17) is 5.73 Å². The highest BCUT2D eigenvalue weighted by molar-refractivity contribution is 5.74. The molecule has 0 bridgehead atoms. The molecular formula is C16H24N4O2.